The molecule has 0 saturated heterocycles. The predicted octanol–water partition coefficient (Wildman–Crippen LogP) is 4.94. The van der Waals surface area contributed by atoms with Gasteiger partial charge in [0, 0.05) is 18.8 Å². The molecule has 1 amide bonds. The topological polar surface area (TPSA) is 69.0 Å². The third kappa shape index (κ3) is 4.43. The lowest BCUT2D eigenvalue weighted by atomic mass is 10.2. The summed E-state index contributed by atoms with van der Waals surface area (Å²) in [6.07, 6.45) is 0. The minimum absolute atomic E-state index is 0.144. The van der Waals surface area contributed by atoms with E-state index >= 15 is 0 Å². The lowest BCUT2D eigenvalue weighted by Crippen LogP contribution is -2.31. The Morgan fingerprint density at radius 2 is 1.61 bits per heavy atom. The molecule has 0 radical (unpaired) electrons. The molecule has 0 fully saturated rings. The highest BCUT2D eigenvalue weighted by Crippen LogP contribution is 2.27. The molecule has 31 heavy (non-hydrogen) atoms. The summed E-state index contributed by atoms with van der Waals surface area (Å²) in [6, 6.07) is 23.2. The lowest BCUT2D eigenvalue weighted by molar-refractivity contribution is -0.120. The molecular formula is C25H21NO5. The number of benzene rings is 3. The van der Waals surface area contributed by atoms with E-state index in [-0.39, 0.29) is 23.7 Å². The van der Waals surface area contributed by atoms with Crippen molar-refractivity contribution in [3.05, 3.63) is 94.8 Å². The molecule has 0 aliphatic rings. The van der Waals surface area contributed by atoms with E-state index in [4.69, 9.17) is 13.9 Å². The number of fused-ring (bicyclic) bond motifs is 1. The highest BCUT2D eigenvalue weighted by molar-refractivity contribution is 5.93. The van der Waals surface area contributed by atoms with E-state index in [9.17, 15) is 9.59 Å². The molecule has 4 aromatic rings. The van der Waals surface area contributed by atoms with Crippen LogP contribution in [-0.2, 0) is 4.79 Å². The Kier molecular flexibility index (Phi) is 5.71. The average Bonchev–Trinajstić information content (AvgIpc) is 2.80. The van der Waals surface area contributed by atoms with Gasteiger partial charge in [0.1, 0.15) is 22.8 Å². The van der Waals surface area contributed by atoms with Gasteiger partial charge in [-0.25, -0.2) is 0 Å². The number of hydrogen-bond donors (Lipinski definition) is 0. The molecule has 0 atom stereocenters. The van der Waals surface area contributed by atoms with Crippen molar-refractivity contribution in [2.45, 2.75) is 6.92 Å². The van der Waals surface area contributed by atoms with E-state index < -0.39 is 0 Å². The molecule has 0 bridgehead atoms. The zero-order valence-electron chi connectivity index (χ0n) is 17.2. The van der Waals surface area contributed by atoms with E-state index in [1.54, 1.807) is 44.3 Å². The fourth-order valence-corrected chi connectivity index (χ4v) is 3.12. The summed E-state index contributed by atoms with van der Waals surface area (Å²) >= 11 is 0. The molecule has 6 nitrogen and oxygen atoms in total. The first-order chi connectivity index (χ1) is 15.0. The Bertz CT molecular complexity index is 1270. The molecular weight excluding hydrogens is 394 g/mol. The van der Waals surface area contributed by atoms with Crippen LogP contribution in [0.4, 0.5) is 5.69 Å². The monoisotopic (exact) mass is 415 g/mol. The maximum Gasteiger partial charge on any atom is 0.264 e. The number of carbonyl (C=O) groups excluding carboxylic acids is 1. The highest BCUT2D eigenvalue weighted by atomic mass is 16.5. The van der Waals surface area contributed by atoms with Gasteiger partial charge in [-0.3, -0.25) is 9.59 Å². The van der Waals surface area contributed by atoms with Crippen LogP contribution < -0.4 is 19.8 Å². The molecule has 156 valence electrons. The average molecular weight is 415 g/mol. The van der Waals surface area contributed by atoms with Gasteiger partial charge in [-0.15, -0.1) is 0 Å². The summed E-state index contributed by atoms with van der Waals surface area (Å²) in [6.45, 7) is 1.53. The quantitative estimate of drug-likeness (QED) is 0.446. The largest absolute Gasteiger partial charge is 0.484 e. The van der Waals surface area contributed by atoms with Gasteiger partial charge in [-0.05, 0) is 43.3 Å². The highest BCUT2D eigenvalue weighted by Gasteiger charge is 2.16. The second-order valence-corrected chi connectivity index (χ2v) is 6.97. The minimum Gasteiger partial charge on any atom is -0.484 e. The number of anilines is 1. The summed E-state index contributed by atoms with van der Waals surface area (Å²) in [7, 11) is 1.69. The van der Waals surface area contributed by atoms with Crippen molar-refractivity contribution in [1.29, 1.82) is 0 Å². The number of rotatable bonds is 6. The molecule has 1 aromatic heterocycles. The van der Waals surface area contributed by atoms with Crippen LogP contribution in [-0.4, -0.2) is 19.6 Å². The predicted molar refractivity (Wildman–Crippen MR) is 119 cm³/mol. The normalized spacial score (nSPS) is 10.6. The van der Waals surface area contributed by atoms with Crippen LogP contribution in [0.5, 0.6) is 17.2 Å². The summed E-state index contributed by atoms with van der Waals surface area (Å²) in [5, 5.41) is 0.372. The molecule has 1 heterocycles. The van der Waals surface area contributed by atoms with Gasteiger partial charge in [0.05, 0.1) is 5.39 Å². The zero-order chi connectivity index (χ0) is 21.8. The van der Waals surface area contributed by atoms with Gasteiger partial charge in [-0.2, -0.15) is 0 Å². The third-order valence-corrected chi connectivity index (χ3v) is 4.83. The van der Waals surface area contributed by atoms with Gasteiger partial charge in [0.15, 0.2) is 6.61 Å². The van der Waals surface area contributed by atoms with Crippen molar-refractivity contribution < 1.29 is 18.7 Å². The first-order valence-electron chi connectivity index (χ1n) is 9.77. The Hall–Kier alpha value is -4.06. The minimum atomic E-state index is -0.269. The number of hydrogen-bond acceptors (Lipinski definition) is 5. The van der Waals surface area contributed by atoms with Crippen molar-refractivity contribution in [3.8, 4) is 17.2 Å². The van der Waals surface area contributed by atoms with Crippen LogP contribution in [0.3, 0.4) is 0 Å². The fourth-order valence-electron chi connectivity index (χ4n) is 3.12. The van der Waals surface area contributed by atoms with Crippen LogP contribution in [0, 0.1) is 6.92 Å². The van der Waals surface area contributed by atoms with E-state index in [0.717, 1.165) is 5.69 Å². The zero-order valence-corrected chi connectivity index (χ0v) is 17.2. The Morgan fingerprint density at radius 3 is 2.32 bits per heavy atom. The van der Waals surface area contributed by atoms with Gasteiger partial charge in [-0.1, -0.05) is 36.4 Å². The Balaban J connectivity index is 1.52. The van der Waals surface area contributed by atoms with Crippen molar-refractivity contribution in [3.63, 3.8) is 0 Å². The number of likely N-dealkylation sites (N-methyl/N-ethyl adjacent to an activating group) is 1. The molecule has 3 aromatic carbocycles. The second kappa shape index (κ2) is 8.75. The molecule has 4 rings (SSSR count). The van der Waals surface area contributed by atoms with Gasteiger partial charge < -0.3 is 18.8 Å². The number of nitrogens with zero attached hydrogens (tertiary/aromatic N) is 1. The smallest absolute Gasteiger partial charge is 0.264 e. The molecule has 0 spiro atoms. The number of para-hydroxylation sites is 2. The lowest BCUT2D eigenvalue weighted by Gasteiger charge is -2.17. The SMILES string of the molecule is Cc1oc2cc(OCC(=O)N(C)c3ccccc3)ccc2c(=O)c1Oc1ccccc1. The number of ether oxygens (including phenoxy) is 2. The number of amides is 1. The molecule has 0 aliphatic carbocycles. The summed E-state index contributed by atoms with van der Waals surface area (Å²) in [4.78, 5) is 26.8. The van der Waals surface area contributed by atoms with Crippen LogP contribution in [0.15, 0.2) is 88.1 Å². The molecule has 6 heteroatoms. The number of aryl methyl sites for hydroxylation is 1. The molecule has 0 unspecified atom stereocenters. The van der Waals surface area contributed by atoms with Crippen LogP contribution in [0.1, 0.15) is 5.76 Å². The summed E-state index contributed by atoms with van der Waals surface area (Å²) < 4.78 is 17.2. The Labute approximate surface area is 179 Å². The van der Waals surface area contributed by atoms with Gasteiger partial charge in [0.25, 0.3) is 5.91 Å². The van der Waals surface area contributed by atoms with Crippen molar-refractivity contribution in [1.82, 2.24) is 0 Å². The summed E-state index contributed by atoms with van der Waals surface area (Å²) in [5.41, 5.74) is 0.875. The van der Waals surface area contributed by atoms with Crippen LogP contribution in [0.25, 0.3) is 11.0 Å². The van der Waals surface area contributed by atoms with E-state index in [2.05, 4.69) is 0 Å². The standard InChI is InChI=1S/C25H21NO5/c1-17-25(31-19-11-7-4-8-12-19)24(28)21-14-13-20(15-22(21)30-17)29-16-23(27)26(2)18-9-5-3-6-10-18/h3-15H,16H2,1-2H3. The van der Waals surface area contributed by atoms with Crippen molar-refractivity contribution in [2.75, 3.05) is 18.6 Å². The van der Waals surface area contributed by atoms with E-state index in [1.165, 1.54) is 4.90 Å². The van der Waals surface area contributed by atoms with Crippen molar-refractivity contribution in [2.24, 2.45) is 0 Å². The first-order valence-corrected chi connectivity index (χ1v) is 9.77. The molecule has 0 N–H and O–H groups in total. The van der Waals surface area contributed by atoms with Gasteiger partial charge in [0.2, 0.25) is 11.2 Å². The van der Waals surface area contributed by atoms with E-state index in [1.807, 2.05) is 48.5 Å². The van der Waals surface area contributed by atoms with Crippen LogP contribution >= 0.6 is 0 Å². The maximum atomic E-state index is 12.9. The maximum absolute atomic E-state index is 12.9. The molecule has 0 aliphatic heterocycles. The second-order valence-electron chi connectivity index (χ2n) is 6.97. The van der Waals surface area contributed by atoms with Gasteiger partial charge >= 0.3 is 0 Å². The first kappa shape index (κ1) is 20.2. The molecule has 0 saturated carbocycles. The van der Waals surface area contributed by atoms with Crippen LogP contribution in [0.2, 0.25) is 0 Å². The third-order valence-electron chi connectivity index (χ3n) is 4.83. The fraction of sp³-hybridized carbons (Fsp3) is 0.120. The van der Waals surface area contributed by atoms with Crippen molar-refractivity contribution >= 4 is 22.6 Å². The summed E-state index contributed by atoms with van der Waals surface area (Å²) in [5.74, 6) is 1.29. The van der Waals surface area contributed by atoms with E-state index in [0.29, 0.717) is 28.2 Å². The number of carbonyl (C=O) groups is 1. The Morgan fingerprint density at radius 1 is 0.935 bits per heavy atom.